The van der Waals surface area contributed by atoms with E-state index in [-0.39, 0.29) is 10.7 Å². The number of amides is 1. The van der Waals surface area contributed by atoms with Crippen molar-refractivity contribution in [2.75, 3.05) is 5.32 Å². The summed E-state index contributed by atoms with van der Waals surface area (Å²) in [5.74, 6) is -0.709. The highest BCUT2D eigenvalue weighted by Crippen LogP contribution is 2.36. The molecule has 1 rings (SSSR count). The van der Waals surface area contributed by atoms with Gasteiger partial charge in [0.15, 0.2) is 0 Å². The average molecular weight is 286 g/mol. The standard InChI is InChI=1S/C10H8Cl2F3NO/c1-5(11)9(17)16-8-3-2-6(12)4-7(8)10(13,14)15/h2-5H,1H3,(H,16,17)/t5-/m0/s1. The second-order valence-corrected chi connectivity index (χ2v) is 4.38. The third kappa shape index (κ3) is 3.78. The van der Waals surface area contributed by atoms with Gasteiger partial charge in [0.25, 0.3) is 0 Å². The number of nitrogens with one attached hydrogen (secondary N) is 1. The number of rotatable bonds is 2. The Hall–Kier alpha value is -0.940. The van der Waals surface area contributed by atoms with Crippen LogP contribution in [0.15, 0.2) is 18.2 Å². The Kier molecular flexibility index (Phi) is 4.27. The van der Waals surface area contributed by atoms with Crippen LogP contribution >= 0.6 is 23.2 Å². The topological polar surface area (TPSA) is 29.1 Å². The molecule has 94 valence electrons. The molecule has 2 nitrogen and oxygen atoms in total. The molecule has 1 aromatic carbocycles. The Morgan fingerprint density at radius 2 is 2.00 bits per heavy atom. The lowest BCUT2D eigenvalue weighted by Gasteiger charge is -2.14. The van der Waals surface area contributed by atoms with E-state index in [1.54, 1.807) is 0 Å². The molecule has 1 amide bonds. The molecule has 0 aliphatic carbocycles. The number of anilines is 1. The molecule has 17 heavy (non-hydrogen) atoms. The first-order chi connectivity index (χ1) is 7.71. The fourth-order valence-corrected chi connectivity index (χ4v) is 1.32. The molecule has 0 aromatic heterocycles. The number of halogens is 5. The summed E-state index contributed by atoms with van der Waals surface area (Å²) in [6.07, 6.45) is -4.59. The molecule has 0 fully saturated rings. The zero-order chi connectivity index (χ0) is 13.2. The second kappa shape index (κ2) is 5.14. The largest absolute Gasteiger partial charge is 0.418 e. The van der Waals surface area contributed by atoms with Gasteiger partial charge in [0, 0.05) is 5.02 Å². The van der Waals surface area contributed by atoms with Gasteiger partial charge < -0.3 is 5.32 Å². The number of carbonyl (C=O) groups excluding carboxylic acids is 1. The molecule has 0 saturated carbocycles. The lowest BCUT2D eigenvalue weighted by atomic mass is 10.1. The maximum Gasteiger partial charge on any atom is 0.418 e. The Morgan fingerprint density at radius 1 is 1.41 bits per heavy atom. The summed E-state index contributed by atoms with van der Waals surface area (Å²) in [4.78, 5) is 11.2. The molecule has 0 saturated heterocycles. The fraction of sp³-hybridized carbons (Fsp3) is 0.300. The quantitative estimate of drug-likeness (QED) is 0.820. The van der Waals surface area contributed by atoms with Crippen molar-refractivity contribution < 1.29 is 18.0 Å². The predicted molar refractivity (Wildman–Crippen MR) is 60.4 cm³/mol. The molecule has 0 aliphatic heterocycles. The minimum absolute atomic E-state index is 0.0609. The molecule has 0 radical (unpaired) electrons. The van der Waals surface area contributed by atoms with E-state index in [1.807, 2.05) is 0 Å². The highest BCUT2D eigenvalue weighted by Gasteiger charge is 2.34. The molecular weight excluding hydrogens is 278 g/mol. The Bertz CT molecular complexity index is 432. The fourth-order valence-electron chi connectivity index (χ4n) is 1.09. The van der Waals surface area contributed by atoms with Gasteiger partial charge in [-0.3, -0.25) is 4.79 Å². The zero-order valence-electron chi connectivity index (χ0n) is 8.61. The van der Waals surface area contributed by atoms with E-state index in [0.717, 1.165) is 12.1 Å². The van der Waals surface area contributed by atoms with Crippen LogP contribution in [-0.4, -0.2) is 11.3 Å². The molecule has 1 N–H and O–H groups in total. The summed E-state index contributed by atoms with van der Waals surface area (Å²) >= 11 is 10.9. The zero-order valence-corrected chi connectivity index (χ0v) is 10.1. The summed E-state index contributed by atoms with van der Waals surface area (Å²) in [7, 11) is 0. The lowest BCUT2D eigenvalue weighted by Crippen LogP contribution is -2.22. The smallest absolute Gasteiger partial charge is 0.324 e. The number of hydrogen-bond acceptors (Lipinski definition) is 1. The summed E-state index contributed by atoms with van der Waals surface area (Å²) in [6.45, 7) is 1.36. The van der Waals surface area contributed by atoms with Gasteiger partial charge in [0.05, 0.1) is 11.3 Å². The summed E-state index contributed by atoms with van der Waals surface area (Å²) < 4.78 is 37.9. The van der Waals surface area contributed by atoms with E-state index in [2.05, 4.69) is 5.32 Å². The maximum atomic E-state index is 12.6. The molecular formula is C10H8Cl2F3NO. The normalized spacial score (nSPS) is 13.3. The average Bonchev–Trinajstić information content (AvgIpc) is 2.18. The molecule has 1 aromatic rings. The first-order valence-electron chi connectivity index (χ1n) is 4.53. The van der Waals surface area contributed by atoms with Crippen LogP contribution in [0.2, 0.25) is 5.02 Å². The van der Waals surface area contributed by atoms with E-state index >= 15 is 0 Å². The van der Waals surface area contributed by atoms with Crippen molar-refractivity contribution in [3.05, 3.63) is 28.8 Å². The van der Waals surface area contributed by atoms with Gasteiger partial charge in [0.2, 0.25) is 5.91 Å². The molecule has 0 heterocycles. The van der Waals surface area contributed by atoms with Crippen LogP contribution in [0.5, 0.6) is 0 Å². The molecule has 0 bridgehead atoms. The van der Waals surface area contributed by atoms with Crippen LogP contribution in [0.1, 0.15) is 12.5 Å². The van der Waals surface area contributed by atoms with E-state index in [1.165, 1.54) is 13.0 Å². The first kappa shape index (κ1) is 14.1. The van der Waals surface area contributed by atoms with Crippen LogP contribution < -0.4 is 5.32 Å². The highest BCUT2D eigenvalue weighted by molar-refractivity contribution is 6.32. The van der Waals surface area contributed by atoms with E-state index < -0.39 is 23.0 Å². The van der Waals surface area contributed by atoms with Crippen LogP contribution in [0.25, 0.3) is 0 Å². The predicted octanol–water partition coefficient (Wildman–Crippen LogP) is 3.92. The van der Waals surface area contributed by atoms with Crippen molar-refractivity contribution in [3.63, 3.8) is 0 Å². The van der Waals surface area contributed by atoms with Gasteiger partial charge in [-0.1, -0.05) is 11.6 Å². The third-order valence-electron chi connectivity index (χ3n) is 1.91. The minimum atomic E-state index is -4.59. The van der Waals surface area contributed by atoms with Gasteiger partial charge in [0.1, 0.15) is 5.38 Å². The molecule has 7 heteroatoms. The molecule has 0 aliphatic rings. The number of benzene rings is 1. The highest BCUT2D eigenvalue weighted by atomic mass is 35.5. The minimum Gasteiger partial charge on any atom is -0.324 e. The van der Waals surface area contributed by atoms with Crippen LogP contribution in [0.3, 0.4) is 0 Å². The number of carbonyl (C=O) groups is 1. The van der Waals surface area contributed by atoms with E-state index in [0.29, 0.717) is 0 Å². The van der Waals surface area contributed by atoms with Gasteiger partial charge in [-0.15, -0.1) is 11.6 Å². The summed E-state index contributed by atoms with van der Waals surface area (Å²) in [5.41, 5.74) is -1.37. The van der Waals surface area contributed by atoms with Crippen molar-refractivity contribution in [1.82, 2.24) is 0 Å². The second-order valence-electron chi connectivity index (χ2n) is 3.29. The summed E-state index contributed by atoms with van der Waals surface area (Å²) in [5, 5.41) is 1.11. The maximum absolute atomic E-state index is 12.6. The summed E-state index contributed by atoms with van der Waals surface area (Å²) in [6, 6.07) is 3.09. The van der Waals surface area contributed by atoms with Crippen molar-refractivity contribution in [2.45, 2.75) is 18.5 Å². The van der Waals surface area contributed by atoms with Crippen molar-refractivity contribution in [2.24, 2.45) is 0 Å². The van der Waals surface area contributed by atoms with Crippen molar-refractivity contribution >= 4 is 34.8 Å². The van der Waals surface area contributed by atoms with Crippen molar-refractivity contribution in [1.29, 1.82) is 0 Å². The van der Waals surface area contributed by atoms with Crippen LogP contribution in [0.4, 0.5) is 18.9 Å². The van der Waals surface area contributed by atoms with Crippen LogP contribution in [-0.2, 0) is 11.0 Å². The monoisotopic (exact) mass is 285 g/mol. The van der Waals surface area contributed by atoms with Gasteiger partial charge >= 0.3 is 6.18 Å². The molecule has 0 unspecified atom stereocenters. The van der Waals surface area contributed by atoms with E-state index in [4.69, 9.17) is 23.2 Å². The Labute approximate surface area is 106 Å². The Balaban J connectivity index is 3.12. The first-order valence-corrected chi connectivity index (χ1v) is 5.35. The van der Waals surface area contributed by atoms with Gasteiger partial charge in [-0.2, -0.15) is 13.2 Å². The van der Waals surface area contributed by atoms with Crippen LogP contribution in [0, 0.1) is 0 Å². The number of hydrogen-bond donors (Lipinski definition) is 1. The van der Waals surface area contributed by atoms with Gasteiger partial charge in [-0.05, 0) is 25.1 Å². The van der Waals surface area contributed by atoms with E-state index in [9.17, 15) is 18.0 Å². The van der Waals surface area contributed by atoms with Gasteiger partial charge in [-0.25, -0.2) is 0 Å². The molecule has 0 spiro atoms. The number of alkyl halides is 4. The lowest BCUT2D eigenvalue weighted by molar-refractivity contribution is -0.137. The van der Waals surface area contributed by atoms with Crippen molar-refractivity contribution in [3.8, 4) is 0 Å². The Morgan fingerprint density at radius 3 is 2.47 bits per heavy atom. The third-order valence-corrected chi connectivity index (χ3v) is 2.34. The SMILES string of the molecule is C[C@H](Cl)C(=O)Nc1ccc(Cl)cc1C(F)(F)F. The molecule has 1 atom stereocenters.